The lowest BCUT2D eigenvalue weighted by atomic mass is 9.92. The van der Waals surface area contributed by atoms with Crippen molar-refractivity contribution in [2.45, 2.75) is 60.4 Å². The maximum Gasteiger partial charge on any atom is 0.208 e. The van der Waals surface area contributed by atoms with Crippen molar-refractivity contribution in [3.63, 3.8) is 0 Å². The predicted octanol–water partition coefficient (Wildman–Crippen LogP) is 4.06. The van der Waals surface area contributed by atoms with E-state index in [1.54, 1.807) is 0 Å². The van der Waals surface area contributed by atoms with Crippen LogP contribution in [0, 0.1) is 31.6 Å². The molecule has 2 unspecified atom stereocenters. The molecule has 29 heavy (non-hydrogen) atoms. The molecule has 1 aromatic rings. The van der Waals surface area contributed by atoms with Gasteiger partial charge in [-0.15, -0.1) is 24.0 Å². The van der Waals surface area contributed by atoms with Crippen molar-refractivity contribution in [3.05, 3.63) is 17.3 Å². The molecule has 2 saturated heterocycles. The molecular weight excluding hydrogens is 477 g/mol. The molecule has 166 valence electrons. The molecule has 0 amide bonds. The SMILES string of the molecule is CCNC(=NCC1CCN(Cc2nc(C)c(C)o2)CC1)N1CC(C)CC(C)C1.I. The van der Waals surface area contributed by atoms with Gasteiger partial charge in [0.2, 0.25) is 5.89 Å². The largest absolute Gasteiger partial charge is 0.444 e. The minimum Gasteiger partial charge on any atom is -0.444 e. The first-order chi connectivity index (χ1) is 13.4. The van der Waals surface area contributed by atoms with E-state index in [0.29, 0.717) is 5.92 Å². The van der Waals surface area contributed by atoms with Crippen molar-refractivity contribution in [2.75, 3.05) is 39.3 Å². The Morgan fingerprint density at radius 2 is 1.83 bits per heavy atom. The van der Waals surface area contributed by atoms with E-state index < -0.39 is 0 Å². The highest BCUT2D eigenvalue weighted by atomic mass is 127. The molecule has 3 heterocycles. The Hall–Kier alpha value is -0.830. The Balaban J connectivity index is 0.00000300. The van der Waals surface area contributed by atoms with E-state index in [1.807, 2.05) is 13.8 Å². The second kappa shape index (κ2) is 11.5. The van der Waals surface area contributed by atoms with E-state index in [2.05, 4.69) is 40.9 Å². The van der Waals surface area contributed by atoms with Crippen molar-refractivity contribution in [2.24, 2.45) is 22.7 Å². The van der Waals surface area contributed by atoms with E-state index in [1.165, 1.54) is 19.3 Å². The maximum atomic E-state index is 5.75. The number of guanidine groups is 1. The summed E-state index contributed by atoms with van der Waals surface area (Å²) in [4.78, 5) is 14.5. The van der Waals surface area contributed by atoms with Crippen LogP contribution in [0.25, 0.3) is 0 Å². The fourth-order valence-electron chi connectivity index (χ4n) is 4.60. The van der Waals surface area contributed by atoms with Gasteiger partial charge in [-0.2, -0.15) is 0 Å². The highest BCUT2D eigenvalue weighted by molar-refractivity contribution is 14.0. The number of nitrogens with one attached hydrogen (secondary N) is 1. The zero-order valence-electron chi connectivity index (χ0n) is 18.9. The fourth-order valence-corrected chi connectivity index (χ4v) is 4.60. The van der Waals surface area contributed by atoms with Crippen LogP contribution in [0.4, 0.5) is 0 Å². The number of rotatable bonds is 5. The smallest absolute Gasteiger partial charge is 0.208 e. The predicted molar refractivity (Wildman–Crippen MR) is 130 cm³/mol. The van der Waals surface area contributed by atoms with Crippen molar-refractivity contribution in [1.82, 2.24) is 20.1 Å². The van der Waals surface area contributed by atoms with Gasteiger partial charge >= 0.3 is 0 Å². The summed E-state index contributed by atoms with van der Waals surface area (Å²) in [5, 5.41) is 3.53. The molecule has 3 rings (SSSR count). The van der Waals surface area contributed by atoms with Gasteiger partial charge < -0.3 is 14.6 Å². The molecule has 0 aliphatic carbocycles. The number of nitrogens with zero attached hydrogens (tertiary/aromatic N) is 4. The van der Waals surface area contributed by atoms with Crippen LogP contribution in [0.3, 0.4) is 0 Å². The molecule has 6 nitrogen and oxygen atoms in total. The molecule has 2 aliphatic rings. The van der Waals surface area contributed by atoms with Gasteiger partial charge in [-0.1, -0.05) is 13.8 Å². The van der Waals surface area contributed by atoms with E-state index in [4.69, 9.17) is 9.41 Å². The zero-order valence-corrected chi connectivity index (χ0v) is 21.2. The second-order valence-corrected chi connectivity index (χ2v) is 9.01. The highest BCUT2D eigenvalue weighted by Gasteiger charge is 2.25. The fraction of sp³-hybridized carbons (Fsp3) is 0.818. The Bertz CT molecular complexity index is 624. The van der Waals surface area contributed by atoms with Crippen LogP contribution in [-0.4, -0.2) is 60.0 Å². The van der Waals surface area contributed by atoms with Gasteiger partial charge in [0.15, 0.2) is 5.96 Å². The molecule has 0 aromatic carbocycles. The van der Waals surface area contributed by atoms with Gasteiger partial charge in [0, 0.05) is 26.2 Å². The average Bonchev–Trinajstić information content (AvgIpc) is 2.96. The number of aliphatic imine (C=N–C) groups is 1. The summed E-state index contributed by atoms with van der Waals surface area (Å²) in [7, 11) is 0. The summed E-state index contributed by atoms with van der Waals surface area (Å²) in [5.74, 6) is 5.09. The molecule has 0 bridgehead atoms. The lowest BCUT2D eigenvalue weighted by Crippen LogP contribution is -2.48. The number of oxazole rings is 1. The zero-order chi connectivity index (χ0) is 20.1. The molecule has 0 radical (unpaired) electrons. The number of hydrogen-bond acceptors (Lipinski definition) is 4. The van der Waals surface area contributed by atoms with Gasteiger partial charge in [0.05, 0.1) is 12.2 Å². The van der Waals surface area contributed by atoms with E-state index >= 15 is 0 Å². The van der Waals surface area contributed by atoms with Crippen LogP contribution >= 0.6 is 24.0 Å². The topological polar surface area (TPSA) is 56.9 Å². The second-order valence-electron chi connectivity index (χ2n) is 9.01. The third kappa shape index (κ3) is 7.12. The lowest BCUT2D eigenvalue weighted by Gasteiger charge is -2.37. The molecule has 2 aliphatic heterocycles. The number of likely N-dealkylation sites (tertiary alicyclic amines) is 2. The van der Waals surface area contributed by atoms with Crippen molar-refractivity contribution >= 4 is 29.9 Å². The van der Waals surface area contributed by atoms with Gasteiger partial charge in [0.1, 0.15) is 5.76 Å². The summed E-state index contributed by atoms with van der Waals surface area (Å²) in [5.41, 5.74) is 1.01. The van der Waals surface area contributed by atoms with Crippen LogP contribution in [0.5, 0.6) is 0 Å². The minimum absolute atomic E-state index is 0. The molecule has 0 spiro atoms. The first kappa shape index (κ1) is 24.4. The standard InChI is InChI=1S/C22H39N5O.HI/c1-6-23-22(27-13-16(2)11-17(3)14-27)24-12-20-7-9-26(10-8-20)15-21-25-18(4)19(5)28-21;/h16-17,20H,6-15H2,1-5H3,(H,23,24);1H. The van der Waals surface area contributed by atoms with Crippen molar-refractivity contribution < 1.29 is 4.42 Å². The third-order valence-corrected chi connectivity index (χ3v) is 6.14. The Morgan fingerprint density at radius 3 is 2.38 bits per heavy atom. The highest BCUT2D eigenvalue weighted by Crippen LogP contribution is 2.22. The summed E-state index contributed by atoms with van der Waals surface area (Å²) >= 11 is 0. The minimum atomic E-state index is 0. The molecular formula is C22H40IN5O. The summed E-state index contributed by atoms with van der Waals surface area (Å²) in [6, 6.07) is 0. The Kier molecular flexibility index (Phi) is 9.72. The normalized spacial score (nSPS) is 24.4. The van der Waals surface area contributed by atoms with Crippen LogP contribution in [-0.2, 0) is 6.54 Å². The molecule has 0 saturated carbocycles. The van der Waals surface area contributed by atoms with Gasteiger partial charge in [-0.3, -0.25) is 9.89 Å². The Labute approximate surface area is 193 Å². The number of piperidine rings is 2. The molecule has 2 atom stereocenters. The van der Waals surface area contributed by atoms with Gasteiger partial charge in [-0.05, 0) is 70.9 Å². The van der Waals surface area contributed by atoms with Crippen molar-refractivity contribution in [1.29, 1.82) is 0 Å². The maximum absolute atomic E-state index is 5.75. The lowest BCUT2D eigenvalue weighted by molar-refractivity contribution is 0.165. The van der Waals surface area contributed by atoms with E-state index in [0.717, 1.165) is 81.0 Å². The molecule has 1 N–H and O–H groups in total. The molecule has 1 aromatic heterocycles. The van der Waals surface area contributed by atoms with Gasteiger partial charge in [0.25, 0.3) is 0 Å². The first-order valence-corrected chi connectivity index (χ1v) is 11.1. The average molecular weight is 518 g/mol. The number of aryl methyl sites for hydroxylation is 2. The quantitative estimate of drug-likeness (QED) is 0.363. The van der Waals surface area contributed by atoms with Gasteiger partial charge in [-0.25, -0.2) is 4.98 Å². The third-order valence-electron chi connectivity index (χ3n) is 6.14. The number of halogens is 1. The van der Waals surface area contributed by atoms with Crippen LogP contribution in [0.1, 0.15) is 57.4 Å². The molecule has 7 heteroatoms. The number of aromatic nitrogens is 1. The summed E-state index contributed by atoms with van der Waals surface area (Å²) < 4.78 is 5.75. The van der Waals surface area contributed by atoms with Crippen molar-refractivity contribution in [3.8, 4) is 0 Å². The van der Waals surface area contributed by atoms with E-state index in [-0.39, 0.29) is 24.0 Å². The monoisotopic (exact) mass is 517 g/mol. The molecule has 2 fully saturated rings. The van der Waals surface area contributed by atoms with E-state index in [9.17, 15) is 0 Å². The van der Waals surface area contributed by atoms with Crippen LogP contribution in [0.2, 0.25) is 0 Å². The van der Waals surface area contributed by atoms with Crippen LogP contribution in [0.15, 0.2) is 9.41 Å². The summed E-state index contributed by atoms with van der Waals surface area (Å²) in [6.07, 6.45) is 3.74. The number of hydrogen-bond donors (Lipinski definition) is 1. The first-order valence-electron chi connectivity index (χ1n) is 11.1. The Morgan fingerprint density at radius 1 is 1.17 bits per heavy atom. The van der Waals surface area contributed by atoms with Crippen LogP contribution < -0.4 is 5.32 Å². The summed E-state index contributed by atoms with van der Waals surface area (Å²) in [6.45, 7) is 18.1.